The fourth-order valence-electron chi connectivity index (χ4n) is 3.65. The monoisotopic (exact) mass is 469 g/mol. The van der Waals surface area contributed by atoms with Gasteiger partial charge >= 0.3 is 0 Å². The van der Waals surface area contributed by atoms with Crippen LogP contribution in [0.2, 0.25) is 5.02 Å². The molecule has 6 heteroatoms. The molecule has 0 saturated carbocycles. The highest BCUT2D eigenvalue weighted by Gasteiger charge is 2.16. The van der Waals surface area contributed by atoms with Crippen molar-refractivity contribution in [3.63, 3.8) is 0 Å². The van der Waals surface area contributed by atoms with Crippen molar-refractivity contribution >= 4 is 44.9 Å². The number of nitrogens with one attached hydrogen (secondary N) is 1. The second kappa shape index (κ2) is 9.14. The number of rotatable bonds is 5. The first-order chi connectivity index (χ1) is 16.0. The van der Waals surface area contributed by atoms with Crippen LogP contribution in [0, 0.1) is 6.92 Å². The highest BCUT2D eigenvalue weighted by atomic mass is 35.5. The number of aryl methyl sites for hydroxylation is 1. The summed E-state index contributed by atoms with van der Waals surface area (Å²) < 4.78 is 0. The lowest BCUT2D eigenvalue weighted by Crippen LogP contribution is -2.12. The maximum absolute atomic E-state index is 13.3. The summed E-state index contributed by atoms with van der Waals surface area (Å²) in [6, 6.07) is 25.4. The summed E-state index contributed by atoms with van der Waals surface area (Å²) in [5.41, 5.74) is 5.41. The van der Waals surface area contributed by atoms with Crippen LogP contribution in [0.3, 0.4) is 0 Å². The average molecular weight is 470 g/mol. The number of carbonyl (C=O) groups excluding carboxylic acids is 1. The van der Waals surface area contributed by atoms with E-state index in [0.717, 1.165) is 39.0 Å². The van der Waals surface area contributed by atoms with Crippen LogP contribution >= 0.6 is 22.9 Å². The molecule has 0 saturated heterocycles. The molecular weight excluding hydrogens is 450 g/mol. The average Bonchev–Trinajstić information content (AvgIpc) is 3.27. The van der Waals surface area contributed by atoms with Crippen molar-refractivity contribution in [1.82, 2.24) is 9.97 Å². The van der Waals surface area contributed by atoms with E-state index in [9.17, 15) is 4.79 Å². The number of hydrogen-bond donors (Lipinski definition) is 1. The van der Waals surface area contributed by atoms with E-state index in [4.69, 9.17) is 16.6 Å². The van der Waals surface area contributed by atoms with Crippen LogP contribution in [-0.2, 0) is 6.42 Å². The molecular formula is C27H20ClN3OS. The number of nitrogens with zero attached hydrogens (tertiary/aromatic N) is 2. The van der Waals surface area contributed by atoms with E-state index in [1.165, 1.54) is 16.9 Å². The highest BCUT2D eigenvalue weighted by molar-refractivity contribution is 7.15. The molecule has 2 aromatic heterocycles. The summed E-state index contributed by atoms with van der Waals surface area (Å²) in [5, 5.41) is 5.07. The van der Waals surface area contributed by atoms with Gasteiger partial charge in [-0.2, -0.15) is 0 Å². The number of amides is 1. The van der Waals surface area contributed by atoms with Crippen LogP contribution in [0.25, 0.3) is 22.2 Å². The van der Waals surface area contributed by atoms with Gasteiger partial charge in [-0.05, 0) is 36.8 Å². The van der Waals surface area contributed by atoms with Crippen molar-refractivity contribution in [3.8, 4) is 11.3 Å². The SMILES string of the molecule is Cc1ccc(-c2cc(C(=O)Nc3ncc(Cc4ccc(Cl)cc4)s3)c3ccccc3n2)cc1. The molecule has 2 heterocycles. The van der Waals surface area contributed by atoms with Crippen molar-refractivity contribution in [2.24, 2.45) is 0 Å². The summed E-state index contributed by atoms with van der Waals surface area (Å²) >= 11 is 7.44. The molecule has 5 aromatic rings. The van der Waals surface area contributed by atoms with Gasteiger partial charge in [0.05, 0.1) is 16.8 Å². The van der Waals surface area contributed by atoms with Gasteiger partial charge in [0.1, 0.15) is 0 Å². The Bertz CT molecular complexity index is 1440. The molecule has 5 rings (SSSR count). The second-order valence-electron chi connectivity index (χ2n) is 7.83. The standard InChI is InChI=1S/C27H20ClN3OS/c1-17-6-10-19(11-7-17)25-15-23(22-4-2-3-5-24(22)30-25)26(32)31-27-29-16-21(33-27)14-18-8-12-20(28)13-9-18/h2-13,15-16H,14H2,1H3,(H,29,31,32). The minimum Gasteiger partial charge on any atom is -0.298 e. The molecule has 0 fully saturated rings. The van der Waals surface area contributed by atoms with E-state index in [0.29, 0.717) is 15.7 Å². The van der Waals surface area contributed by atoms with E-state index in [2.05, 4.69) is 10.3 Å². The van der Waals surface area contributed by atoms with Gasteiger partial charge < -0.3 is 0 Å². The molecule has 4 nitrogen and oxygen atoms in total. The molecule has 0 aliphatic carbocycles. The molecule has 0 unspecified atom stereocenters. The fourth-order valence-corrected chi connectivity index (χ4v) is 4.62. The molecule has 162 valence electrons. The molecule has 0 aliphatic heterocycles. The van der Waals surface area contributed by atoms with E-state index in [1.807, 2.05) is 85.8 Å². The summed E-state index contributed by atoms with van der Waals surface area (Å²) in [6.45, 7) is 2.05. The Morgan fingerprint density at radius 1 is 1.00 bits per heavy atom. The number of carbonyl (C=O) groups is 1. The number of aromatic nitrogens is 2. The van der Waals surface area contributed by atoms with Crippen LogP contribution in [0.4, 0.5) is 5.13 Å². The topological polar surface area (TPSA) is 54.9 Å². The number of thiazole rings is 1. The van der Waals surface area contributed by atoms with Crippen molar-refractivity contribution < 1.29 is 4.79 Å². The van der Waals surface area contributed by atoms with Gasteiger partial charge in [-0.1, -0.05) is 71.8 Å². The van der Waals surface area contributed by atoms with Crippen molar-refractivity contribution in [1.29, 1.82) is 0 Å². The second-order valence-corrected chi connectivity index (χ2v) is 9.38. The number of fused-ring (bicyclic) bond motifs is 1. The van der Waals surface area contributed by atoms with E-state index < -0.39 is 0 Å². The number of para-hydroxylation sites is 1. The molecule has 0 spiro atoms. The fraction of sp³-hybridized carbons (Fsp3) is 0.0741. The third-order valence-corrected chi connectivity index (χ3v) is 6.54. The van der Waals surface area contributed by atoms with Crippen LogP contribution in [0.15, 0.2) is 85.1 Å². The lowest BCUT2D eigenvalue weighted by molar-refractivity contribution is 0.102. The quantitative estimate of drug-likeness (QED) is 0.297. The molecule has 0 radical (unpaired) electrons. The Kier molecular flexibility index (Phi) is 5.90. The number of halogens is 1. The molecule has 0 atom stereocenters. The Labute approximate surface area is 200 Å². The maximum Gasteiger partial charge on any atom is 0.258 e. The summed E-state index contributed by atoms with van der Waals surface area (Å²) in [5.74, 6) is -0.200. The minimum absolute atomic E-state index is 0.200. The van der Waals surface area contributed by atoms with Crippen LogP contribution in [-0.4, -0.2) is 15.9 Å². The summed E-state index contributed by atoms with van der Waals surface area (Å²) in [6.07, 6.45) is 2.54. The zero-order valence-corrected chi connectivity index (χ0v) is 19.5. The van der Waals surface area contributed by atoms with Gasteiger partial charge in [0.15, 0.2) is 5.13 Å². The Hall–Kier alpha value is -3.54. The highest BCUT2D eigenvalue weighted by Crippen LogP contribution is 2.27. The van der Waals surface area contributed by atoms with Crippen LogP contribution < -0.4 is 5.32 Å². The van der Waals surface area contributed by atoms with E-state index in [-0.39, 0.29) is 5.91 Å². The maximum atomic E-state index is 13.3. The van der Waals surface area contributed by atoms with E-state index >= 15 is 0 Å². The normalized spacial score (nSPS) is 11.0. The van der Waals surface area contributed by atoms with Crippen molar-refractivity contribution in [2.75, 3.05) is 5.32 Å². The lowest BCUT2D eigenvalue weighted by Gasteiger charge is -2.10. The van der Waals surface area contributed by atoms with Gasteiger partial charge in [-0.15, -0.1) is 11.3 Å². The predicted molar refractivity (Wildman–Crippen MR) is 136 cm³/mol. The van der Waals surface area contributed by atoms with Crippen LogP contribution in [0.5, 0.6) is 0 Å². The molecule has 33 heavy (non-hydrogen) atoms. The van der Waals surface area contributed by atoms with Crippen molar-refractivity contribution in [2.45, 2.75) is 13.3 Å². The number of anilines is 1. The summed E-state index contributed by atoms with van der Waals surface area (Å²) in [4.78, 5) is 23.5. The van der Waals surface area contributed by atoms with Gasteiger partial charge in [-0.3, -0.25) is 10.1 Å². The first-order valence-electron chi connectivity index (χ1n) is 10.5. The van der Waals surface area contributed by atoms with E-state index in [1.54, 1.807) is 6.20 Å². The van der Waals surface area contributed by atoms with Gasteiger partial charge in [0.25, 0.3) is 5.91 Å². The largest absolute Gasteiger partial charge is 0.298 e. The Balaban J connectivity index is 1.43. The smallest absolute Gasteiger partial charge is 0.258 e. The predicted octanol–water partition coefficient (Wildman–Crippen LogP) is 7.16. The zero-order valence-electron chi connectivity index (χ0n) is 17.9. The van der Waals surface area contributed by atoms with Gasteiger partial charge in [0.2, 0.25) is 0 Å². The first kappa shape index (κ1) is 21.3. The van der Waals surface area contributed by atoms with Crippen LogP contribution in [0.1, 0.15) is 26.4 Å². The number of pyridine rings is 1. The Morgan fingerprint density at radius 3 is 2.55 bits per heavy atom. The molecule has 3 aromatic carbocycles. The van der Waals surface area contributed by atoms with Gasteiger partial charge in [-0.25, -0.2) is 9.97 Å². The number of benzene rings is 3. The molecule has 1 N–H and O–H groups in total. The van der Waals surface area contributed by atoms with Crippen molar-refractivity contribution in [3.05, 3.63) is 112 Å². The molecule has 1 amide bonds. The third-order valence-electron chi connectivity index (χ3n) is 5.37. The third kappa shape index (κ3) is 4.80. The zero-order chi connectivity index (χ0) is 22.8. The lowest BCUT2D eigenvalue weighted by atomic mass is 10.0. The van der Waals surface area contributed by atoms with Gasteiger partial charge in [0, 0.05) is 33.5 Å². The molecule has 0 aliphatic rings. The molecule has 0 bridgehead atoms. The minimum atomic E-state index is -0.200. The Morgan fingerprint density at radius 2 is 1.76 bits per heavy atom. The summed E-state index contributed by atoms with van der Waals surface area (Å²) in [7, 11) is 0. The number of hydrogen-bond acceptors (Lipinski definition) is 4. The first-order valence-corrected chi connectivity index (χ1v) is 11.7.